The minimum Gasteiger partial charge on any atom is -0.837 e. The number of esters is 1. The van der Waals surface area contributed by atoms with E-state index in [1.165, 1.54) is 5.56 Å². The molecule has 2 aliphatic rings. The molecule has 4 rings (SSSR count). The molecule has 2 fully saturated rings. The van der Waals surface area contributed by atoms with Crippen LogP contribution in [0.4, 0.5) is 0 Å². The maximum atomic E-state index is 14.2. The molecule has 1 heterocycles. The highest BCUT2D eigenvalue weighted by Crippen LogP contribution is 2.39. The molecule has 3 atom stereocenters. The van der Waals surface area contributed by atoms with E-state index in [4.69, 9.17) is 4.74 Å². The Bertz CT molecular complexity index is 865. The smallest absolute Gasteiger partial charge is 0.300 e. The van der Waals surface area contributed by atoms with Crippen LogP contribution >= 0.6 is 0 Å². The van der Waals surface area contributed by atoms with Crippen molar-refractivity contribution in [2.45, 2.75) is 63.1 Å². The Morgan fingerprint density at radius 1 is 0.969 bits per heavy atom. The van der Waals surface area contributed by atoms with Crippen LogP contribution in [0, 0.1) is 5.92 Å². The highest BCUT2D eigenvalue weighted by Gasteiger charge is 2.41. The predicted molar refractivity (Wildman–Crippen MR) is 125 cm³/mol. The van der Waals surface area contributed by atoms with Crippen LogP contribution in [-0.4, -0.2) is 43.2 Å². The molecule has 172 valence electrons. The van der Waals surface area contributed by atoms with Gasteiger partial charge >= 0.3 is 5.97 Å². The third-order valence-corrected chi connectivity index (χ3v) is 7.61. The second kappa shape index (κ2) is 10.2. The fourth-order valence-corrected chi connectivity index (χ4v) is 5.67. The molecular weight excluding hydrogens is 398 g/mol. The number of carbonyl (C=O) groups excluding carboxylic acids is 1. The zero-order valence-corrected chi connectivity index (χ0v) is 19.4. The molecule has 2 unspecified atom stereocenters. The van der Waals surface area contributed by atoms with Crippen LogP contribution in [0.1, 0.15) is 56.1 Å². The van der Waals surface area contributed by atoms with Gasteiger partial charge in [0.25, 0.3) is 0 Å². The molecule has 1 aliphatic heterocycles. The summed E-state index contributed by atoms with van der Waals surface area (Å²) in [6, 6.07) is 19.8. The molecule has 1 saturated heterocycles. The summed E-state index contributed by atoms with van der Waals surface area (Å²) in [5, 5.41) is 14.2. The average molecular weight is 436 g/mol. The Morgan fingerprint density at radius 3 is 2.31 bits per heavy atom. The first-order valence-corrected chi connectivity index (χ1v) is 12.3. The molecule has 0 amide bonds. The van der Waals surface area contributed by atoms with E-state index in [0.717, 1.165) is 75.5 Å². The molecule has 4 nitrogen and oxygen atoms in total. The fourth-order valence-electron chi connectivity index (χ4n) is 5.67. The highest BCUT2D eigenvalue weighted by molar-refractivity contribution is 5.81. The van der Waals surface area contributed by atoms with Crippen LogP contribution in [0.5, 0.6) is 0 Å². The summed E-state index contributed by atoms with van der Waals surface area (Å²) < 4.78 is 6.93. The van der Waals surface area contributed by atoms with Crippen LogP contribution in [-0.2, 0) is 21.6 Å². The third-order valence-electron chi connectivity index (χ3n) is 7.61. The van der Waals surface area contributed by atoms with Crippen molar-refractivity contribution in [3.63, 3.8) is 0 Å². The van der Waals surface area contributed by atoms with E-state index in [9.17, 15) is 9.90 Å². The first-order chi connectivity index (χ1) is 15.5. The molecule has 0 aromatic heterocycles. The number of rotatable bonds is 7. The largest absolute Gasteiger partial charge is 0.837 e. The molecule has 0 bridgehead atoms. The van der Waals surface area contributed by atoms with Crippen molar-refractivity contribution in [3.05, 3.63) is 71.8 Å². The highest BCUT2D eigenvalue weighted by atomic mass is 16.6. The van der Waals surface area contributed by atoms with E-state index in [-0.39, 0.29) is 12.0 Å². The summed E-state index contributed by atoms with van der Waals surface area (Å²) in [5.41, 5.74) is 0.104. The van der Waals surface area contributed by atoms with Crippen molar-refractivity contribution >= 4 is 5.97 Å². The number of likely N-dealkylation sites (tertiary alicyclic amines) is 1. The topological polar surface area (TPSA) is 49.4 Å². The second-order valence-corrected chi connectivity index (χ2v) is 10.1. The van der Waals surface area contributed by atoms with Crippen LogP contribution in [0.25, 0.3) is 0 Å². The van der Waals surface area contributed by atoms with Crippen molar-refractivity contribution in [2.24, 2.45) is 5.92 Å². The molecule has 1 aliphatic carbocycles. The maximum Gasteiger partial charge on any atom is 0.300 e. The van der Waals surface area contributed by atoms with Gasteiger partial charge in [0, 0.05) is 18.4 Å². The number of benzene rings is 2. The van der Waals surface area contributed by atoms with Crippen LogP contribution in [0.3, 0.4) is 0 Å². The molecule has 32 heavy (non-hydrogen) atoms. The molecule has 0 spiro atoms. The van der Waals surface area contributed by atoms with Crippen LogP contribution in [0.2, 0.25) is 0 Å². The van der Waals surface area contributed by atoms with E-state index in [0.29, 0.717) is 5.56 Å². The number of hydrogen-bond donors (Lipinski definition) is 0. The number of piperidine rings is 1. The van der Waals surface area contributed by atoms with Crippen molar-refractivity contribution in [3.8, 4) is 0 Å². The molecule has 2 aromatic rings. The Morgan fingerprint density at radius 2 is 1.62 bits per heavy atom. The Balaban J connectivity index is 1.45. The summed E-state index contributed by atoms with van der Waals surface area (Å²) in [7, 11) is 2.26. The van der Waals surface area contributed by atoms with Crippen molar-refractivity contribution in [1.29, 1.82) is 0 Å². The third kappa shape index (κ3) is 5.24. The van der Waals surface area contributed by atoms with Gasteiger partial charge in [-0.25, -0.2) is 0 Å². The van der Waals surface area contributed by atoms with Gasteiger partial charge in [0.15, 0.2) is 6.10 Å². The summed E-state index contributed by atoms with van der Waals surface area (Å²) in [6.07, 6.45) is 7.50. The quantitative estimate of drug-likeness (QED) is 0.483. The van der Waals surface area contributed by atoms with Gasteiger partial charge in [-0.3, -0.25) is 4.79 Å². The average Bonchev–Trinajstić information content (AvgIpc) is 2.84. The van der Waals surface area contributed by atoms with Crippen molar-refractivity contribution in [1.82, 2.24) is 0 Å². The second-order valence-electron chi connectivity index (χ2n) is 10.1. The van der Waals surface area contributed by atoms with Gasteiger partial charge in [-0.2, -0.15) is 0 Å². The summed E-state index contributed by atoms with van der Waals surface area (Å²) in [5.74, 6) is -0.745. The lowest BCUT2D eigenvalue weighted by molar-refractivity contribution is -0.916. The molecular formula is C28H37NO3. The molecule has 4 heteroatoms. The van der Waals surface area contributed by atoms with Gasteiger partial charge in [-0.15, -0.1) is 0 Å². The van der Waals surface area contributed by atoms with Gasteiger partial charge in [-0.05, 0) is 23.5 Å². The summed E-state index contributed by atoms with van der Waals surface area (Å²) >= 11 is 0. The van der Waals surface area contributed by atoms with E-state index in [1.54, 1.807) is 0 Å². The van der Waals surface area contributed by atoms with Gasteiger partial charge in [0.1, 0.15) is 6.54 Å². The number of carbonyl (C=O) groups is 1. The lowest BCUT2D eigenvalue weighted by Crippen LogP contribution is -2.59. The SMILES string of the molecule is C[N@+]1(CCc2ccccc2)CCCC(OC(=O)C([O-])(c2ccccc2)C2CCCCC2)C1. The molecule has 1 saturated carbocycles. The first-order valence-electron chi connectivity index (χ1n) is 12.3. The Labute approximate surface area is 192 Å². The minimum absolute atomic E-state index is 0.183. The van der Waals surface area contributed by atoms with Gasteiger partial charge in [0.2, 0.25) is 0 Å². The van der Waals surface area contributed by atoms with E-state index in [2.05, 4.69) is 31.3 Å². The lowest BCUT2D eigenvalue weighted by Gasteiger charge is -2.48. The molecule has 0 N–H and O–H groups in total. The summed E-state index contributed by atoms with van der Waals surface area (Å²) in [6.45, 7) is 2.89. The maximum absolute atomic E-state index is 14.2. The van der Waals surface area contributed by atoms with Gasteiger partial charge in [-0.1, -0.05) is 92.8 Å². The van der Waals surface area contributed by atoms with E-state index < -0.39 is 11.6 Å². The molecule has 0 radical (unpaired) electrons. The van der Waals surface area contributed by atoms with Crippen LogP contribution in [0.15, 0.2) is 60.7 Å². The van der Waals surface area contributed by atoms with E-state index >= 15 is 0 Å². The van der Waals surface area contributed by atoms with Crippen LogP contribution < -0.4 is 5.11 Å². The molecule has 2 aromatic carbocycles. The number of ether oxygens (including phenoxy) is 1. The fraction of sp³-hybridized carbons (Fsp3) is 0.536. The van der Waals surface area contributed by atoms with Crippen molar-refractivity contribution < 1.29 is 19.1 Å². The standard InChI is InChI=1S/C28H37NO3/c1-29(21-19-23-12-5-2-6-13-23)20-11-18-26(22-29)32-27(30)28(31,24-14-7-3-8-15-24)25-16-9-4-10-17-25/h2-3,5-8,12-15,25-26H,4,9-11,16-22H2,1H3/t26?,28?,29-/m1/s1. The van der Waals surface area contributed by atoms with Crippen molar-refractivity contribution in [2.75, 3.05) is 26.7 Å². The Kier molecular flexibility index (Phi) is 7.32. The normalized spacial score (nSPS) is 26.2. The van der Waals surface area contributed by atoms with Gasteiger partial charge < -0.3 is 14.3 Å². The van der Waals surface area contributed by atoms with Gasteiger partial charge in [0.05, 0.1) is 20.1 Å². The zero-order chi connectivity index (χ0) is 22.4. The first kappa shape index (κ1) is 23.0. The minimum atomic E-state index is -1.80. The lowest BCUT2D eigenvalue weighted by atomic mass is 9.73. The Hall–Kier alpha value is -2.17. The predicted octanol–water partition coefficient (Wildman–Crippen LogP) is 4.22. The number of hydrogen-bond acceptors (Lipinski definition) is 3. The number of quaternary nitrogens is 1. The summed E-state index contributed by atoms with van der Waals surface area (Å²) in [4.78, 5) is 13.5. The zero-order valence-electron chi connectivity index (χ0n) is 19.4. The number of nitrogens with zero attached hydrogens (tertiary/aromatic N) is 1. The number of likely N-dealkylation sites (N-methyl/N-ethyl adjacent to an activating group) is 1. The monoisotopic (exact) mass is 435 g/mol. The van der Waals surface area contributed by atoms with E-state index in [1.807, 2.05) is 36.4 Å².